The number of nitrogens with zero attached hydrogens (tertiary/aromatic N) is 1. The van der Waals surface area contributed by atoms with Gasteiger partial charge in [0.2, 0.25) is 5.82 Å². The highest BCUT2D eigenvalue weighted by atomic mass is 19.1. The average molecular weight is 276 g/mol. The fourth-order valence-corrected chi connectivity index (χ4v) is 1.82. The molecule has 104 valence electrons. The number of aromatic hydroxyl groups is 1. The van der Waals surface area contributed by atoms with E-state index in [-0.39, 0.29) is 5.75 Å². The van der Waals surface area contributed by atoms with Gasteiger partial charge in [0.05, 0.1) is 4.92 Å². The lowest BCUT2D eigenvalue weighted by Crippen LogP contribution is -2.01. The molecule has 20 heavy (non-hydrogen) atoms. The van der Waals surface area contributed by atoms with E-state index >= 15 is 0 Å². The number of halogens is 1. The molecule has 0 aromatic heterocycles. The van der Waals surface area contributed by atoms with Crippen molar-refractivity contribution in [1.82, 2.24) is 0 Å². The molecule has 0 aliphatic heterocycles. The molecular weight excluding hydrogens is 263 g/mol. The lowest BCUT2D eigenvalue weighted by molar-refractivity contribution is -0.387. The number of nitrogens with one attached hydrogen (secondary N) is 1. The zero-order valence-corrected chi connectivity index (χ0v) is 10.8. The van der Waals surface area contributed by atoms with Crippen LogP contribution in [0.25, 0.3) is 0 Å². The van der Waals surface area contributed by atoms with Crippen LogP contribution in [-0.2, 0) is 6.54 Å². The Morgan fingerprint density at radius 1 is 1.35 bits per heavy atom. The van der Waals surface area contributed by atoms with Crippen molar-refractivity contribution in [2.45, 2.75) is 13.5 Å². The van der Waals surface area contributed by atoms with E-state index in [1.807, 2.05) is 6.07 Å². The molecule has 0 saturated heterocycles. The van der Waals surface area contributed by atoms with Crippen molar-refractivity contribution in [3.05, 3.63) is 63.5 Å². The largest absolute Gasteiger partial charge is 0.507 e. The molecule has 0 atom stereocenters. The fraction of sp³-hybridized carbons (Fsp3) is 0.143. The molecule has 5 nitrogen and oxygen atoms in total. The van der Waals surface area contributed by atoms with Crippen LogP contribution in [0.4, 0.5) is 15.8 Å². The summed E-state index contributed by atoms with van der Waals surface area (Å²) >= 11 is 0. The number of aryl methyl sites for hydroxylation is 1. The number of para-hydroxylation sites is 1. The van der Waals surface area contributed by atoms with Crippen molar-refractivity contribution >= 4 is 11.4 Å². The topological polar surface area (TPSA) is 75.4 Å². The molecule has 2 N–H and O–H groups in total. The van der Waals surface area contributed by atoms with E-state index in [2.05, 4.69) is 5.32 Å². The van der Waals surface area contributed by atoms with Gasteiger partial charge in [-0.1, -0.05) is 18.2 Å². The third-order valence-corrected chi connectivity index (χ3v) is 2.95. The summed E-state index contributed by atoms with van der Waals surface area (Å²) in [5.74, 6) is -0.712. The van der Waals surface area contributed by atoms with Crippen molar-refractivity contribution < 1.29 is 14.4 Å². The average Bonchev–Trinajstić information content (AvgIpc) is 2.40. The van der Waals surface area contributed by atoms with E-state index < -0.39 is 16.4 Å². The number of nitro groups is 1. The van der Waals surface area contributed by atoms with Gasteiger partial charge in [-0.25, -0.2) is 0 Å². The van der Waals surface area contributed by atoms with E-state index in [4.69, 9.17) is 0 Å². The first-order chi connectivity index (χ1) is 9.49. The zero-order chi connectivity index (χ0) is 14.7. The Hall–Kier alpha value is -2.63. The Morgan fingerprint density at radius 2 is 2.10 bits per heavy atom. The van der Waals surface area contributed by atoms with Crippen molar-refractivity contribution in [1.29, 1.82) is 0 Å². The van der Waals surface area contributed by atoms with Gasteiger partial charge in [-0.3, -0.25) is 10.1 Å². The maximum absolute atomic E-state index is 13.4. The highest BCUT2D eigenvalue weighted by molar-refractivity contribution is 5.51. The summed E-state index contributed by atoms with van der Waals surface area (Å²) in [6.07, 6.45) is 0. The van der Waals surface area contributed by atoms with Gasteiger partial charge in [0, 0.05) is 29.9 Å². The predicted octanol–water partition coefficient (Wildman–Crippen LogP) is 3.36. The van der Waals surface area contributed by atoms with Crippen LogP contribution in [0, 0.1) is 22.9 Å². The van der Waals surface area contributed by atoms with Crippen molar-refractivity contribution in [3.8, 4) is 5.75 Å². The minimum absolute atomic E-state index is 0.183. The highest BCUT2D eigenvalue weighted by Crippen LogP contribution is 2.24. The normalized spacial score (nSPS) is 10.3. The number of phenols is 1. The molecule has 2 rings (SSSR count). The molecule has 0 amide bonds. The second-order valence-corrected chi connectivity index (χ2v) is 4.36. The summed E-state index contributed by atoms with van der Waals surface area (Å²) in [7, 11) is 0. The van der Waals surface area contributed by atoms with Crippen molar-refractivity contribution in [2.75, 3.05) is 5.32 Å². The Kier molecular flexibility index (Phi) is 3.84. The van der Waals surface area contributed by atoms with Crippen LogP contribution in [0.5, 0.6) is 5.75 Å². The monoisotopic (exact) mass is 276 g/mol. The number of phenolic OH excluding ortho intramolecular Hbond substituents is 1. The fourth-order valence-electron chi connectivity index (χ4n) is 1.82. The van der Waals surface area contributed by atoms with Gasteiger partial charge in [-0.2, -0.15) is 4.39 Å². The molecule has 6 heteroatoms. The first-order valence-corrected chi connectivity index (χ1v) is 5.94. The Bertz CT molecular complexity index is 659. The lowest BCUT2D eigenvalue weighted by atomic mass is 10.1. The molecule has 0 bridgehead atoms. The summed E-state index contributed by atoms with van der Waals surface area (Å²) < 4.78 is 13.4. The SMILES string of the molecule is Cc1cccc(CNc2ccc([N+](=O)[O-])c(F)c2)c1O. The van der Waals surface area contributed by atoms with Crippen LogP contribution < -0.4 is 5.32 Å². The van der Waals surface area contributed by atoms with E-state index in [1.165, 1.54) is 6.07 Å². The molecule has 0 unspecified atom stereocenters. The molecule has 0 aliphatic carbocycles. The summed E-state index contributed by atoms with van der Waals surface area (Å²) in [6.45, 7) is 2.08. The molecule has 0 radical (unpaired) electrons. The Morgan fingerprint density at radius 3 is 2.75 bits per heavy atom. The van der Waals surface area contributed by atoms with Gasteiger partial charge in [-0.15, -0.1) is 0 Å². The maximum Gasteiger partial charge on any atom is 0.304 e. The molecule has 0 saturated carbocycles. The smallest absolute Gasteiger partial charge is 0.304 e. The molecule has 2 aromatic rings. The van der Waals surface area contributed by atoms with Gasteiger partial charge < -0.3 is 10.4 Å². The van der Waals surface area contributed by atoms with Crippen molar-refractivity contribution in [2.24, 2.45) is 0 Å². The first kappa shape index (κ1) is 13.8. The Balaban J connectivity index is 2.13. The molecule has 0 spiro atoms. The van der Waals surface area contributed by atoms with E-state index in [9.17, 15) is 19.6 Å². The third kappa shape index (κ3) is 2.85. The molecule has 0 heterocycles. The van der Waals surface area contributed by atoms with E-state index in [1.54, 1.807) is 19.1 Å². The van der Waals surface area contributed by atoms with E-state index in [0.717, 1.165) is 17.7 Å². The van der Waals surface area contributed by atoms with Gasteiger partial charge in [-0.05, 0) is 18.6 Å². The van der Waals surface area contributed by atoms with Crippen LogP contribution >= 0.6 is 0 Å². The molecule has 0 fully saturated rings. The number of hydrogen-bond acceptors (Lipinski definition) is 4. The van der Waals surface area contributed by atoms with Crippen LogP contribution in [-0.4, -0.2) is 10.0 Å². The van der Waals surface area contributed by atoms with Crippen LogP contribution in [0.1, 0.15) is 11.1 Å². The number of hydrogen-bond donors (Lipinski definition) is 2. The van der Waals surface area contributed by atoms with E-state index in [0.29, 0.717) is 17.8 Å². The molecule has 2 aromatic carbocycles. The first-order valence-electron chi connectivity index (χ1n) is 5.94. The minimum atomic E-state index is -0.895. The van der Waals surface area contributed by atoms with Gasteiger partial charge in [0.15, 0.2) is 0 Å². The molecular formula is C14H13FN2O3. The zero-order valence-electron chi connectivity index (χ0n) is 10.8. The Labute approximate surface area is 114 Å². The van der Waals surface area contributed by atoms with Crippen LogP contribution in [0.3, 0.4) is 0 Å². The number of nitro benzene ring substituents is 1. The summed E-state index contributed by atoms with van der Waals surface area (Å²) in [5, 5.41) is 23.3. The summed E-state index contributed by atoms with van der Waals surface area (Å²) in [6, 6.07) is 8.93. The minimum Gasteiger partial charge on any atom is -0.507 e. The summed E-state index contributed by atoms with van der Waals surface area (Å²) in [5.41, 5.74) is 1.27. The number of rotatable bonds is 4. The lowest BCUT2D eigenvalue weighted by Gasteiger charge is -2.09. The maximum atomic E-state index is 13.4. The second kappa shape index (κ2) is 5.56. The summed E-state index contributed by atoms with van der Waals surface area (Å²) in [4.78, 5) is 9.73. The van der Waals surface area contributed by atoms with Crippen LogP contribution in [0.15, 0.2) is 36.4 Å². The van der Waals surface area contributed by atoms with Gasteiger partial charge >= 0.3 is 5.69 Å². The van der Waals surface area contributed by atoms with Crippen molar-refractivity contribution in [3.63, 3.8) is 0 Å². The predicted molar refractivity (Wildman–Crippen MR) is 73.2 cm³/mol. The van der Waals surface area contributed by atoms with Gasteiger partial charge in [0.25, 0.3) is 0 Å². The second-order valence-electron chi connectivity index (χ2n) is 4.36. The highest BCUT2D eigenvalue weighted by Gasteiger charge is 2.13. The van der Waals surface area contributed by atoms with Gasteiger partial charge in [0.1, 0.15) is 5.75 Å². The number of benzene rings is 2. The third-order valence-electron chi connectivity index (χ3n) is 2.95. The number of anilines is 1. The standard InChI is InChI=1S/C14H13FN2O3/c1-9-3-2-4-10(14(9)18)8-16-11-5-6-13(17(19)20)12(15)7-11/h2-7,16,18H,8H2,1H3. The molecule has 0 aliphatic rings. The van der Waals surface area contributed by atoms with Crippen LogP contribution in [0.2, 0.25) is 0 Å². The quantitative estimate of drug-likeness (QED) is 0.663.